The lowest BCUT2D eigenvalue weighted by Crippen LogP contribution is -2.11. The molecule has 0 heterocycles. The fourth-order valence-electron chi connectivity index (χ4n) is 0.909. The van der Waals surface area contributed by atoms with Crippen molar-refractivity contribution in [1.29, 1.82) is 0 Å². The van der Waals surface area contributed by atoms with E-state index in [-0.39, 0.29) is 5.91 Å². The minimum absolute atomic E-state index is 0.0572. The molecule has 1 aromatic carbocycles. The quantitative estimate of drug-likeness (QED) is 0.439. The highest BCUT2D eigenvalue weighted by atomic mass is 127. The molecular formula is C10H8I3NO. The first-order valence-corrected chi connectivity index (χ1v) is 7.33. The predicted molar refractivity (Wildman–Crippen MR) is 88.9 cm³/mol. The SMILES string of the molecule is Cc1ccc(NC(=O)C(I)=C(I)I)cc1. The summed E-state index contributed by atoms with van der Waals surface area (Å²) in [6.07, 6.45) is 0. The minimum Gasteiger partial charge on any atom is -0.322 e. The van der Waals surface area contributed by atoms with E-state index in [2.05, 4.69) is 50.5 Å². The molecule has 1 aromatic rings. The number of amides is 1. The molecule has 0 saturated heterocycles. The largest absolute Gasteiger partial charge is 0.322 e. The van der Waals surface area contributed by atoms with Gasteiger partial charge >= 0.3 is 0 Å². The smallest absolute Gasteiger partial charge is 0.263 e. The van der Waals surface area contributed by atoms with Crippen molar-refractivity contribution in [1.82, 2.24) is 0 Å². The number of anilines is 1. The van der Waals surface area contributed by atoms with Gasteiger partial charge in [-0.3, -0.25) is 4.79 Å². The molecule has 0 aliphatic carbocycles. The van der Waals surface area contributed by atoms with Gasteiger partial charge in [0.25, 0.3) is 5.91 Å². The van der Waals surface area contributed by atoms with Crippen molar-refractivity contribution in [2.45, 2.75) is 6.92 Å². The van der Waals surface area contributed by atoms with Gasteiger partial charge in [-0.25, -0.2) is 0 Å². The van der Waals surface area contributed by atoms with E-state index < -0.39 is 0 Å². The molecule has 0 saturated carbocycles. The summed E-state index contributed by atoms with van der Waals surface area (Å²) in [5.74, 6) is -0.0572. The monoisotopic (exact) mass is 539 g/mol. The fraction of sp³-hybridized carbons (Fsp3) is 0.100. The van der Waals surface area contributed by atoms with Crippen LogP contribution in [0.5, 0.6) is 0 Å². The molecule has 0 atom stereocenters. The van der Waals surface area contributed by atoms with Crippen molar-refractivity contribution in [3.05, 3.63) is 35.0 Å². The van der Waals surface area contributed by atoms with Crippen LogP contribution in [0, 0.1) is 6.92 Å². The van der Waals surface area contributed by atoms with Crippen LogP contribution in [-0.4, -0.2) is 5.91 Å². The van der Waals surface area contributed by atoms with Gasteiger partial charge in [0.15, 0.2) is 0 Å². The summed E-state index contributed by atoms with van der Waals surface area (Å²) in [5.41, 5.74) is 2.01. The third-order valence-electron chi connectivity index (χ3n) is 1.67. The van der Waals surface area contributed by atoms with Crippen LogP contribution >= 0.6 is 67.8 Å². The van der Waals surface area contributed by atoms with Crippen LogP contribution in [0.2, 0.25) is 0 Å². The summed E-state index contributed by atoms with van der Waals surface area (Å²) in [4.78, 5) is 11.7. The number of nitrogens with one attached hydrogen (secondary N) is 1. The molecule has 0 aromatic heterocycles. The molecule has 80 valence electrons. The summed E-state index contributed by atoms with van der Waals surface area (Å²) in [6, 6.07) is 7.75. The maximum Gasteiger partial charge on any atom is 0.263 e. The first-order chi connectivity index (χ1) is 7.00. The van der Waals surface area contributed by atoms with Crippen molar-refractivity contribution < 1.29 is 4.79 Å². The van der Waals surface area contributed by atoms with Crippen LogP contribution in [-0.2, 0) is 4.79 Å². The Kier molecular flexibility index (Phi) is 5.82. The number of aryl methyl sites for hydroxylation is 1. The molecule has 1 rings (SSSR count). The normalized spacial score (nSPS) is 9.60. The van der Waals surface area contributed by atoms with E-state index in [0.29, 0.717) is 0 Å². The second-order valence-electron chi connectivity index (χ2n) is 2.89. The van der Waals surface area contributed by atoms with Crippen molar-refractivity contribution >= 4 is 79.4 Å². The van der Waals surface area contributed by atoms with Crippen molar-refractivity contribution in [2.75, 3.05) is 5.32 Å². The van der Waals surface area contributed by atoms with E-state index in [1.807, 2.05) is 53.8 Å². The molecular weight excluding hydrogens is 531 g/mol. The number of hydrogen-bond acceptors (Lipinski definition) is 1. The standard InChI is InChI=1S/C10H8I3NO/c1-6-2-4-7(5-3-6)14-10(15)8(11)9(12)13/h2-5H,1H3,(H,14,15). The Morgan fingerprint density at radius 2 is 1.67 bits per heavy atom. The van der Waals surface area contributed by atoms with Gasteiger partial charge in [-0.15, -0.1) is 0 Å². The van der Waals surface area contributed by atoms with Crippen LogP contribution < -0.4 is 5.32 Å². The molecule has 0 bridgehead atoms. The van der Waals surface area contributed by atoms with E-state index in [4.69, 9.17) is 0 Å². The number of hydrogen-bond donors (Lipinski definition) is 1. The lowest BCUT2D eigenvalue weighted by molar-refractivity contribution is -0.112. The van der Waals surface area contributed by atoms with Crippen molar-refractivity contribution in [3.8, 4) is 0 Å². The molecule has 2 nitrogen and oxygen atoms in total. The van der Waals surface area contributed by atoms with Crippen LogP contribution in [0.15, 0.2) is 29.4 Å². The second-order valence-corrected chi connectivity index (χ2v) is 8.19. The number of carbonyl (C=O) groups excluding carboxylic acids is 1. The van der Waals surface area contributed by atoms with E-state index in [1.54, 1.807) is 0 Å². The Hall–Kier alpha value is 0.620. The molecule has 0 unspecified atom stereocenters. The summed E-state index contributed by atoms with van der Waals surface area (Å²) in [6.45, 7) is 2.02. The molecule has 1 N–H and O–H groups in total. The number of rotatable bonds is 2. The summed E-state index contributed by atoms with van der Waals surface area (Å²) >= 11 is 6.30. The van der Waals surface area contributed by atoms with Gasteiger partial charge in [0, 0.05) is 5.69 Å². The summed E-state index contributed by atoms with van der Waals surface area (Å²) in [5, 5.41) is 2.84. The number of halogens is 3. The van der Waals surface area contributed by atoms with Gasteiger partial charge in [0.2, 0.25) is 0 Å². The average Bonchev–Trinajstić information content (AvgIpc) is 2.20. The maximum absolute atomic E-state index is 11.7. The molecule has 0 fully saturated rings. The van der Waals surface area contributed by atoms with Gasteiger partial charge in [0.05, 0.1) is 5.17 Å². The molecule has 0 spiro atoms. The van der Waals surface area contributed by atoms with Crippen LogP contribution in [0.4, 0.5) is 5.69 Å². The minimum atomic E-state index is -0.0572. The Bertz CT molecular complexity index is 394. The van der Waals surface area contributed by atoms with E-state index in [1.165, 1.54) is 5.56 Å². The third kappa shape index (κ3) is 4.55. The van der Waals surface area contributed by atoms with Crippen molar-refractivity contribution in [3.63, 3.8) is 0 Å². The second kappa shape index (κ2) is 6.38. The van der Waals surface area contributed by atoms with Gasteiger partial charge in [-0.1, -0.05) is 17.7 Å². The Morgan fingerprint density at radius 3 is 2.13 bits per heavy atom. The molecule has 15 heavy (non-hydrogen) atoms. The Labute approximate surface area is 130 Å². The molecule has 1 amide bonds. The lowest BCUT2D eigenvalue weighted by Gasteiger charge is -2.04. The fourth-order valence-corrected chi connectivity index (χ4v) is 1.53. The Morgan fingerprint density at radius 1 is 1.13 bits per heavy atom. The molecule has 0 radical (unpaired) electrons. The molecule has 0 aliphatic heterocycles. The van der Waals surface area contributed by atoms with Gasteiger partial charge < -0.3 is 5.32 Å². The zero-order valence-electron chi connectivity index (χ0n) is 7.85. The zero-order chi connectivity index (χ0) is 11.4. The van der Waals surface area contributed by atoms with Gasteiger partial charge in [0.1, 0.15) is 0 Å². The molecule has 0 aliphatic rings. The van der Waals surface area contributed by atoms with Gasteiger partial charge in [-0.2, -0.15) is 0 Å². The maximum atomic E-state index is 11.7. The van der Waals surface area contributed by atoms with Crippen molar-refractivity contribution in [2.24, 2.45) is 0 Å². The number of carbonyl (C=O) groups is 1. The first kappa shape index (κ1) is 13.7. The topological polar surface area (TPSA) is 29.1 Å². The Balaban J connectivity index is 2.75. The average molecular weight is 539 g/mol. The van der Waals surface area contributed by atoms with Crippen LogP contribution in [0.3, 0.4) is 0 Å². The van der Waals surface area contributed by atoms with Crippen LogP contribution in [0.25, 0.3) is 0 Å². The summed E-state index contributed by atoms with van der Waals surface area (Å²) < 4.78 is 1.68. The third-order valence-corrected chi connectivity index (χ3v) is 5.85. The first-order valence-electron chi connectivity index (χ1n) is 4.09. The zero-order valence-corrected chi connectivity index (χ0v) is 14.3. The lowest BCUT2D eigenvalue weighted by atomic mass is 10.2. The highest BCUT2D eigenvalue weighted by Gasteiger charge is 2.08. The van der Waals surface area contributed by atoms with E-state index in [9.17, 15) is 4.79 Å². The van der Waals surface area contributed by atoms with E-state index >= 15 is 0 Å². The number of benzene rings is 1. The molecule has 5 heteroatoms. The predicted octanol–water partition coefficient (Wildman–Crippen LogP) is 4.41. The highest BCUT2D eigenvalue weighted by molar-refractivity contribution is 14.2. The highest BCUT2D eigenvalue weighted by Crippen LogP contribution is 2.26. The van der Waals surface area contributed by atoms with E-state index in [0.717, 1.165) is 10.9 Å². The summed E-state index contributed by atoms with van der Waals surface area (Å²) in [7, 11) is 0. The van der Waals surface area contributed by atoms with Gasteiger partial charge in [-0.05, 0) is 86.8 Å². The van der Waals surface area contributed by atoms with Crippen LogP contribution in [0.1, 0.15) is 5.56 Å².